The highest BCUT2D eigenvalue weighted by Crippen LogP contribution is 2.18. The van der Waals surface area contributed by atoms with Crippen LogP contribution in [0.4, 0.5) is 4.39 Å². The van der Waals surface area contributed by atoms with Gasteiger partial charge in [0.1, 0.15) is 11.5 Å². The summed E-state index contributed by atoms with van der Waals surface area (Å²) in [5.41, 5.74) is 5.61. The lowest BCUT2D eigenvalue weighted by Crippen LogP contribution is -2.19. The van der Waals surface area contributed by atoms with E-state index in [0.717, 1.165) is 10.0 Å². The summed E-state index contributed by atoms with van der Waals surface area (Å²) in [6.45, 7) is 1.81. The number of hydrogen-bond donors (Lipinski definition) is 2. The Balaban J connectivity index is 1.70. The number of nitrogens with zero attached hydrogens (tertiary/aromatic N) is 2. The second-order valence-corrected chi connectivity index (χ2v) is 6.23. The fourth-order valence-electron chi connectivity index (χ4n) is 2.16. The Morgan fingerprint density at radius 3 is 2.52 bits per heavy atom. The summed E-state index contributed by atoms with van der Waals surface area (Å²) in [4.78, 5) is 12.2. The number of H-pyrrole nitrogens is 1. The van der Waals surface area contributed by atoms with Gasteiger partial charge in [-0.3, -0.25) is 9.89 Å². The fraction of sp³-hybridized carbons (Fsp3) is 0.0556. The molecule has 3 rings (SSSR count). The first-order valence-electron chi connectivity index (χ1n) is 7.45. The molecule has 0 spiro atoms. The molecule has 0 aliphatic carbocycles. The molecule has 0 saturated heterocycles. The highest BCUT2D eigenvalue weighted by molar-refractivity contribution is 9.10. The SMILES string of the molecule is C/C(=N\NC(=O)c1cc(-c2ccc(F)cc2)n[nH]1)c1ccc(Br)cc1. The van der Waals surface area contributed by atoms with E-state index < -0.39 is 5.91 Å². The zero-order valence-corrected chi connectivity index (χ0v) is 14.8. The van der Waals surface area contributed by atoms with Crippen LogP contribution in [0.3, 0.4) is 0 Å². The first-order valence-corrected chi connectivity index (χ1v) is 8.24. The van der Waals surface area contributed by atoms with Crippen LogP contribution in [0.5, 0.6) is 0 Å². The van der Waals surface area contributed by atoms with E-state index in [1.165, 1.54) is 12.1 Å². The van der Waals surface area contributed by atoms with Crippen LogP contribution >= 0.6 is 15.9 Å². The molecule has 7 heteroatoms. The molecule has 2 aromatic carbocycles. The predicted molar refractivity (Wildman–Crippen MR) is 97.8 cm³/mol. The third-order valence-electron chi connectivity index (χ3n) is 3.55. The maximum Gasteiger partial charge on any atom is 0.289 e. The molecule has 0 bridgehead atoms. The van der Waals surface area contributed by atoms with Gasteiger partial charge in [-0.15, -0.1) is 0 Å². The highest BCUT2D eigenvalue weighted by Gasteiger charge is 2.11. The maximum atomic E-state index is 13.0. The van der Waals surface area contributed by atoms with E-state index in [0.29, 0.717) is 17.0 Å². The number of carbonyl (C=O) groups is 1. The van der Waals surface area contributed by atoms with Gasteiger partial charge in [0.15, 0.2) is 0 Å². The first-order chi connectivity index (χ1) is 12.0. The van der Waals surface area contributed by atoms with E-state index in [1.807, 2.05) is 24.3 Å². The van der Waals surface area contributed by atoms with Crippen LogP contribution in [0, 0.1) is 5.82 Å². The Labute approximate surface area is 152 Å². The van der Waals surface area contributed by atoms with Crippen molar-refractivity contribution < 1.29 is 9.18 Å². The van der Waals surface area contributed by atoms with Crippen LogP contribution in [0.15, 0.2) is 64.2 Å². The number of halogens is 2. The lowest BCUT2D eigenvalue weighted by Gasteiger charge is -2.02. The van der Waals surface area contributed by atoms with Crippen LogP contribution < -0.4 is 5.43 Å². The zero-order chi connectivity index (χ0) is 17.8. The van der Waals surface area contributed by atoms with Gasteiger partial charge >= 0.3 is 0 Å². The Morgan fingerprint density at radius 1 is 1.16 bits per heavy atom. The van der Waals surface area contributed by atoms with Gasteiger partial charge in [-0.1, -0.05) is 28.1 Å². The van der Waals surface area contributed by atoms with E-state index in [4.69, 9.17) is 0 Å². The minimum Gasteiger partial charge on any atom is -0.272 e. The van der Waals surface area contributed by atoms with Crippen molar-refractivity contribution in [1.82, 2.24) is 15.6 Å². The first kappa shape index (κ1) is 17.0. The summed E-state index contributed by atoms with van der Waals surface area (Å²) in [5, 5.41) is 10.8. The number of rotatable bonds is 4. The lowest BCUT2D eigenvalue weighted by molar-refractivity contribution is 0.0950. The Bertz CT molecular complexity index is 917. The van der Waals surface area contributed by atoms with E-state index in [9.17, 15) is 9.18 Å². The number of amides is 1. The van der Waals surface area contributed by atoms with Crippen molar-refractivity contribution >= 4 is 27.5 Å². The Morgan fingerprint density at radius 2 is 1.84 bits per heavy atom. The summed E-state index contributed by atoms with van der Waals surface area (Å²) in [6.07, 6.45) is 0. The van der Waals surface area contributed by atoms with Gasteiger partial charge < -0.3 is 0 Å². The summed E-state index contributed by atoms with van der Waals surface area (Å²) in [7, 11) is 0. The zero-order valence-electron chi connectivity index (χ0n) is 13.3. The standard InChI is InChI=1S/C18H14BrFN4O/c1-11(12-2-6-14(19)7-3-12)21-24-18(25)17-10-16(22-23-17)13-4-8-15(20)9-5-13/h2-10H,1H3,(H,22,23)(H,24,25)/b21-11+. The van der Waals surface area contributed by atoms with Gasteiger partial charge in [0.2, 0.25) is 0 Å². The smallest absolute Gasteiger partial charge is 0.272 e. The molecule has 0 radical (unpaired) electrons. The van der Waals surface area contributed by atoms with Crippen molar-refractivity contribution in [2.75, 3.05) is 0 Å². The molecule has 1 aromatic heterocycles. The predicted octanol–water partition coefficient (Wildman–Crippen LogP) is 4.13. The van der Waals surface area contributed by atoms with Gasteiger partial charge in [0.25, 0.3) is 5.91 Å². The molecule has 5 nitrogen and oxygen atoms in total. The normalized spacial score (nSPS) is 11.4. The molecule has 0 aliphatic heterocycles. The molecule has 0 fully saturated rings. The number of aromatic amines is 1. The maximum absolute atomic E-state index is 13.0. The van der Waals surface area contributed by atoms with Crippen molar-refractivity contribution in [2.24, 2.45) is 5.10 Å². The third kappa shape index (κ3) is 4.19. The number of hydrazone groups is 1. The Kier molecular flexibility index (Phi) is 5.04. The second kappa shape index (κ2) is 7.40. The molecule has 25 heavy (non-hydrogen) atoms. The van der Waals surface area contributed by atoms with Crippen LogP contribution in [0.1, 0.15) is 23.0 Å². The van der Waals surface area contributed by atoms with Crippen molar-refractivity contribution in [2.45, 2.75) is 6.92 Å². The van der Waals surface area contributed by atoms with Crippen LogP contribution in [0.2, 0.25) is 0 Å². The molecule has 0 aliphatic rings. The van der Waals surface area contributed by atoms with Gasteiger partial charge in [-0.05, 0) is 55.0 Å². The molecule has 0 saturated carbocycles. The highest BCUT2D eigenvalue weighted by atomic mass is 79.9. The number of hydrogen-bond acceptors (Lipinski definition) is 3. The lowest BCUT2D eigenvalue weighted by atomic mass is 10.1. The summed E-state index contributed by atoms with van der Waals surface area (Å²) in [5.74, 6) is -0.729. The fourth-order valence-corrected chi connectivity index (χ4v) is 2.42. The van der Waals surface area contributed by atoms with Gasteiger partial charge in [-0.2, -0.15) is 10.2 Å². The summed E-state index contributed by atoms with van der Waals surface area (Å²) in [6, 6.07) is 15.1. The molecule has 1 amide bonds. The van der Waals surface area contributed by atoms with Crippen molar-refractivity contribution in [3.63, 3.8) is 0 Å². The van der Waals surface area contributed by atoms with E-state index in [1.54, 1.807) is 25.1 Å². The third-order valence-corrected chi connectivity index (χ3v) is 4.08. The quantitative estimate of drug-likeness (QED) is 0.510. The molecular weight excluding hydrogens is 387 g/mol. The minimum atomic E-state index is -0.405. The molecule has 126 valence electrons. The molecule has 0 atom stereocenters. The van der Waals surface area contributed by atoms with Gasteiger partial charge in [0.05, 0.1) is 11.4 Å². The average molecular weight is 401 g/mol. The molecule has 1 heterocycles. The monoisotopic (exact) mass is 400 g/mol. The molecule has 0 unspecified atom stereocenters. The number of aromatic nitrogens is 2. The van der Waals surface area contributed by atoms with Crippen LogP contribution in [0.25, 0.3) is 11.3 Å². The van der Waals surface area contributed by atoms with Crippen molar-refractivity contribution in [1.29, 1.82) is 0 Å². The van der Waals surface area contributed by atoms with Crippen molar-refractivity contribution in [3.05, 3.63) is 76.1 Å². The summed E-state index contributed by atoms with van der Waals surface area (Å²) < 4.78 is 13.9. The largest absolute Gasteiger partial charge is 0.289 e. The van der Waals surface area contributed by atoms with E-state index >= 15 is 0 Å². The summed E-state index contributed by atoms with van der Waals surface area (Å²) >= 11 is 3.37. The number of nitrogens with one attached hydrogen (secondary N) is 2. The number of benzene rings is 2. The van der Waals surface area contributed by atoms with E-state index in [2.05, 4.69) is 36.7 Å². The van der Waals surface area contributed by atoms with E-state index in [-0.39, 0.29) is 11.5 Å². The minimum absolute atomic E-state index is 0.270. The molecular formula is C18H14BrFN4O. The average Bonchev–Trinajstić information content (AvgIpc) is 3.11. The van der Waals surface area contributed by atoms with Crippen LogP contribution in [-0.2, 0) is 0 Å². The van der Waals surface area contributed by atoms with Crippen LogP contribution in [-0.4, -0.2) is 21.8 Å². The van der Waals surface area contributed by atoms with Crippen molar-refractivity contribution in [3.8, 4) is 11.3 Å². The second-order valence-electron chi connectivity index (χ2n) is 5.32. The number of carbonyl (C=O) groups excluding carboxylic acids is 1. The van der Waals surface area contributed by atoms with Gasteiger partial charge in [-0.25, -0.2) is 9.82 Å². The Hall–Kier alpha value is -2.80. The van der Waals surface area contributed by atoms with Gasteiger partial charge in [0, 0.05) is 10.0 Å². The topological polar surface area (TPSA) is 70.1 Å². The molecule has 2 N–H and O–H groups in total. The molecule has 3 aromatic rings.